The average Bonchev–Trinajstić information content (AvgIpc) is 2.70. The molecular weight excluding hydrogens is 389 g/mol. The third-order valence-corrected chi connectivity index (χ3v) is 3.66. The fourth-order valence-corrected chi connectivity index (χ4v) is 2.38. The van der Waals surface area contributed by atoms with E-state index in [1.807, 2.05) is 6.92 Å². The van der Waals surface area contributed by atoms with Crippen molar-refractivity contribution in [2.24, 2.45) is 4.99 Å². The maximum atomic E-state index is 12.9. The van der Waals surface area contributed by atoms with Crippen LogP contribution < -0.4 is 24.8 Å². The van der Waals surface area contributed by atoms with E-state index in [0.717, 1.165) is 6.07 Å². The quantitative estimate of drug-likeness (QED) is 0.392. The number of hydrogen-bond acceptors (Lipinski definition) is 5. The first-order valence-corrected chi connectivity index (χ1v) is 8.82. The SMILES string of the molecule is CCOc1cc(NC(=NC)NCCOc2ncccc2C(F)(F)F)ccc1OC. The lowest BCUT2D eigenvalue weighted by Crippen LogP contribution is -2.34. The van der Waals surface area contributed by atoms with Crippen molar-refractivity contribution in [3.05, 3.63) is 42.1 Å². The van der Waals surface area contributed by atoms with Crippen molar-refractivity contribution >= 4 is 11.6 Å². The first-order valence-electron chi connectivity index (χ1n) is 8.82. The van der Waals surface area contributed by atoms with Gasteiger partial charge in [-0.15, -0.1) is 0 Å². The number of aliphatic imine (C=N–C) groups is 1. The van der Waals surface area contributed by atoms with E-state index in [9.17, 15) is 13.2 Å². The molecule has 0 fully saturated rings. The Bertz CT molecular complexity index is 829. The summed E-state index contributed by atoms with van der Waals surface area (Å²) < 4.78 is 54.8. The number of nitrogens with zero attached hydrogens (tertiary/aromatic N) is 2. The number of benzene rings is 1. The van der Waals surface area contributed by atoms with Gasteiger partial charge in [0.1, 0.15) is 12.2 Å². The number of guanidine groups is 1. The Morgan fingerprint density at radius 2 is 1.97 bits per heavy atom. The van der Waals surface area contributed by atoms with Gasteiger partial charge in [-0.2, -0.15) is 13.2 Å². The number of halogens is 3. The van der Waals surface area contributed by atoms with E-state index in [-0.39, 0.29) is 13.2 Å². The van der Waals surface area contributed by atoms with E-state index in [2.05, 4.69) is 20.6 Å². The Balaban J connectivity index is 1.92. The van der Waals surface area contributed by atoms with Crippen molar-refractivity contribution in [3.8, 4) is 17.4 Å². The highest BCUT2D eigenvalue weighted by Crippen LogP contribution is 2.34. The van der Waals surface area contributed by atoms with Crippen LogP contribution in [0.5, 0.6) is 17.4 Å². The van der Waals surface area contributed by atoms with Crippen LogP contribution in [-0.2, 0) is 6.18 Å². The molecule has 0 aliphatic carbocycles. The van der Waals surface area contributed by atoms with Crippen LogP contribution >= 0.6 is 0 Å². The Labute approximate surface area is 166 Å². The lowest BCUT2D eigenvalue weighted by molar-refractivity contribution is -0.139. The van der Waals surface area contributed by atoms with Crippen LogP contribution in [0.2, 0.25) is 0 Å². The van der Waals surface area contributed by atoms with Gasteiger partial charge in [0, 0.05) is 25.0 Å². The van der Waals surface area contributed by atoms with Crippen LogP contribution in [0.15, 0.2) is 41.5 Å². The van der Waals surface area contributed by atoms with Crippen LogP contribution in [0.1, 0.15) is 12.5 Å². The number of aromatic nitrogens is 1. The number of rotatable bonds is 8. The first-order chi connectivity index (χ1) is 13.9. The van der Waals surface area contributed by atoms with Gasteiger partial charge in [-0.05, 0) is 31.2 Å². The molecule has 0 atom stereocenters. The second-order valence-electron chi connectivity index (χ2n) is 5.62. The molecule has 158 valence electrons. The number of hydrogen-bond donors (Lipinski definition) is 2. The van der Waals surface area contributed by atoms with Crippen molar-refractivity contribution in [2.45, 2.75) is 13.1 Å². The zero-order valence-corrected chi connectivity index (χ0v) is 16.3. The van der Waals surface area contributed by atoms with E-state index >= 15 is 0 Å². The van der Waals surface area contributed by atoms with Gasteiger partial charge in [0.2, 0.25) is 5.88 Å². The molecule has 2 rings (SSSR count). The second-order valence-corrected chi connectivity index (χ2v) is 5.62. The summed E-state index contributed by atoms with van der Waals surface area (Å²) in [7, 11) is 3.13. The molecule has 1 aromatic carbocycles. The Hall–Kier alpha value is -3.17. The fraction of sp³-hybridized carbons (Fsp3) is 0.368. The molecular formula is C19H23F3N4O3. The van der Waals surface area contributed by atoms with E-state index in [1.165, 1.54) is 12.3 Å². The monoisotopic (exact) mass is 412 g/mol. The zero-order valence-electron chi connectivity index (χ0n) is 16.3. The molecule has 0 bridgehead atoms. The van der Waals surface area contributed by atoms with Crippen molar-refractivity contribution in [1.29, 1.82) is 0 Å². The summed E-state index contributed by atoms with van der Waals surface area (Å²) in [5, 5.41) is 6.02. The van der Waals surface area contributed by atoms with Gasteiger partial charge in [0.25, 0.3) is 0 Å². The summed E-state index contributed by atoms with van der Waals surface area (Å²) in [5.41, 5.74) is -0.212. The summed E-state index contributed by atoms with van der Waals surface area (Å²) >= 11 is 0. The summed E-state index contributed by atoms with van der Waals surface area (Å²) in [6.07, 6.45) is -3.28. The van der Waals surface area contributed by atoms with Gasteiger partial charge in [-0.3, -0.25) is 4.99 Å². The molecule has 0 radical (unpaired) electrons. The molecule has 1 heterocycles. The average molecular weight is 412 g/mol. The minimum Gasteiger partial charge on any atom is -0.493 e. The second kappa shape index (κ2) is 10.4. The number of ether oxygens (including phenoxy) is 3. The van der Waals surface area contributed by atoms with Gasteiger partial charge >= 0.3 is 6.18 Å². The maximum absolute atomic E-state index is 12.9. The molecule has 0 aliphatic rings. The molecule has 0 aliphatic heterocycles. The summed E-state index contributed by atoms with van der Waals surface area (Å²) in [5.74, 6) is 1.14. The lowest BCUT2D eigenvalue weighted by atomic mass is 10.2. The predicted octanol–water partition coefficient (Wildman–Crippen LogP) is 3.57. The summed E-state index contributed by atoms with van der Waals surface area (Å²) in [6.45, 7) is 2.53. The number of methoxy groups -OCH3 is 1. The standard InChI is InChI=1S/C19H23F3N4O3/c1-4-28-16-12-13(7-8-15(16)27-3)26-18(23-2)25-10-11-29-17-14(19(20,21)22)6-5-9-24-17/h5-9,12H,4,10-11H2,1-3H3,(H2,23,25,26). The molecule has 0 spiro atoms. The van der Waals surface area contributed by atoms with Gasteiger partial charge in [0.05, 0.1) is 20.3 Å². The molecule has 0 unspecified atom stereocenters. The smallest absolute Gasteiger partial charge is 0.421 e. The Kier molecular flexibility index (Phi) is 7.93. The Morgan fingerprint density at radius 1 is 1.17 bits per heavy atom. The molecule has 7 nitrogen and oxygen atoms in total. The topological polar surface area (TPSA) is 77.0 Å². The van der Waals surface area contributed by atoms with E-state index in [1.54, 1.807) is 32.4 Å². The number of nitrogens with one attached hydrogen (secondary N) is 2. The largest absolute Gasteiger partial charge is 0.493 e. The third-order valence-electron chi connectivity index (χ3n) is 3.66. The van der Waals surface area contributed by atoms with Crippen molar-refractivity contribution in [2.75, 3.05) is 39.2 Å². The molecule has 0 amide bonds. The van der Waals surface area contributed by atoms with Crippen LogP contribution in [0.25, 0.3) is 0 Å². The lowest BCUT2D eigenvalue weighted by Gasteiger charge is -2.15. The van der Waals surface area contributed by atoms with Crippen LogP contribution in [-0.4, -0.2) is 44.9 Å². The van der Waals surface area contributed by atoms with Gasteiger partial charge in [-0.25, -0.2) is 4.98 Å². The molecule has 2 aromatic rings. The van der Waals surface area contributed by atoms with E-state index in [0.29, 0.717) is 29.8 Å². The first kappa shape index (κ1) is 22.1. The number of anilines is 1. The van der Waals surface area contributed by atoms with Gasteiger partial charge in [-0.1, -0.05) is 0 Å². The van der Waals surface area contributed by atoms with Crippen LogP contribution in [0.4, 0.5) is 18.9 Å². The molecule has 0 saturated carbocycles. The number of pyridine rings is 1. The molecule has 0 saturated heterocycles. The minimum absolute atomic E-state index is 0.0341. The predicted molar refractivity (Wildman–Crippen MR) is 104 cm³/mol. The summed E-state index contributed by atoms with van der Waals surface area (Å²) in [6, 6.07) is 7.44. The fourth-order valence-electron chi connectivity index (χ4n) is 2.38. The van der Waals surface area contributed by atoms with E-state index < -0.39 is 17.6 Å². The molecule has 29 heavy (non-hydrogen) atoms. The minimum atomic E-state index is -4.53. The van der Waals surface area contributed by atoms with Crippen LogP contribution in [0, 0.1) is 0 Å². The highest BCUT2D eigenvalue weighted by atomic mass is 19.4. The summed E-state index contributed by atoms with van der Waals surface area (Å²) in [4.78, 5) is 7.73. The van der Waals surface area contributed by atoms with Gasteiger partial charge in [0.15, 0.2) is 17.5 Å². The normalized spacial score (nSPS) is 11.7. The van der Waals surface area contributed by atoms with Gasteiger partial charge < -0.3 is 24.8 Å². The molecule has 10 heteroatoms. The highest BCUT2D eigenvalue weighted by Gasteiger charge is 2.34. The highest BCUT2D eigenvalue weighted by molar-refractivity contribution is 5.93. The Morgan fingerprint density at radius 3 is 2.62 bits per heavy atom. The third kappa shape index (κ3) is 6.44. The number of alkyl halides is 3. The maximum Gasteiger partial charge on any atom is 0.421 e. The van der Waals surface area contributed by atoms with Crippen molar-refractivity contribution in [3.63, 3.8) is 0 Å². The molecule has 1 aromatic heterocycles. The van der Waals surface area contributed by atoms with Crippen molar-refractivity contribution < 1.29 is 27.4 Å². The van der Waals surface area contributed by atoms with Crippen molar-refractivity contribution in [1.82, 2.24) is 10.3 Å². The zero-order chi connectivity index (χ0) is 21.3. The molecule has 2 N–H and O–H groups in total. The van der Waals surface area contributed by atoms with Crippen LogP contribution in [0.3, 0.4) is 0 Å². The van der Waals surface area contributed by atoms with E-state index in [4.69, 9.17) is 14.2 Å².